The Labute approximate surface area is 167 Å². The minimum absolute atomic E-state index is 0.000980. The lowest BCUT2D eigenvalue weighted by Gasteiger charge is -2.42. The Morgan fingerprint density at radius 1 is 1.36 bits per heavy atom. The van der Waals surface area contributed by atoms with E-state index >= 15 is 0 Å². The average molecular weight is 398 g/mol. The van der Waals surface area contributed by atoms with Gasteiger partial charge in [-0.2, -0.15) is 0 Å². The average Bonchev–Trinajstić information content (AvgIpc) is 3.43. The topological polar surface area (TPSA) is 68.7 Å². The second-order valence-corrected chi connectivity index (χ2v) is 8.86. The number of amides is 2. The molecule has 6 nitrogen and oxygen atoms in total. The predicted octanol–water partition coefficient (Wildman–Crippen LogP) is 3.44. The molecular weight excluding hydrogens is 376 g/mol. The summed E-state index contributed by atoms with van der Waals surface area (Å²) >= 11 is 1.49. The summed E-state index contributed by atoms with van der Waals surface area (Å²) in [6.45, 7) is 0.183. The molecule has 0 radical (unpaired) electrons. The normalized spacial score (nSPS) is 28.9. The third kappa shape index (κ3) is 2.76. The summed E-state index contributed by atoms with van der Waals surface area (Å²) in [5.74, 6) is 1.21. The minimum Gasteiger partial charge on any atom is -0.496 e. The largest absolute Gasteiger partial charge is 0.496 e. The second-order valence-electron chi connectivity index (χ2n) is 7.97. The Bertz CT molecular complexity index is 928. The summed E-state index contributed by atoms with van der Waals surface area (Å²) in [5.41, 5.74) is 1.44. The summed E-state index contributed by atoms with van der Waals surface area (Å²) in [6.07, 6.45) is 3.54. The van der Waals surface area contributed by atoms with Gasteiger partial charge in [0, 0.05) is 10.9 Å². The number of imide groups is 1. The van der Waals surface area contributed by atoms with Crippen LogP contribution in [0.15, 0.2) is 29.6 Å². The molecule has 2 amide bonds. The molecule has 1 unspecified atom stereocenters. The van der Waals surface area contributed by atoms with Crippen molar-refractivity contribution in [3.63, 3.8) is 0 Å². The quantitative estimate of drug-likeness (QED) is 0.738. The lowest BCUT2D eigenvalue weighted by Crippen LogP contribution is -2.53. The fourth-order valence-electron chi connectivity index (χ4n) is 4.83. The Morgan fingerprint density at radius 2 is 2.18 bits per heavy atom. The van der Waals surface area contributed by atoms with Crippen LogP contribution >= 0.6 is 11.3 Å². The SMILES string of the molecule is COc1ccccc1-c1csc(C2CN(C(=O)C34CCC(C3)C4)C(=O)CO2)n1. The van der Waals surface area contributed by atoms with Crippen molar-refractivity contribution in [2.75, 3.05) is 20.3 Å². The Hall–Kier alpha value is -2.25. The summed E-state index contributed by atoms with van der Waals surface area (Å²) in [7, 11) is 1.64. The lowest BCUT2D eigenvalue weighted by atomic mass is 9.68. The Kier molecular flexibility index (Phi) is 4.25. The molecule has 28 heavy (non-hydrogen) atoms. The molecule has 0 N–H and O–H groups in total. The molecule has 1 aromatic heterocycles. The van der Waals surface area contributed by atoms with Gasteiger partial charge in [-0.05, 0) is 43.7 Å². The van der Waals surface area contributed by atoms with E-state index in [0.29, 0.717) is 5.92 Å². The number of nitrogens with zero attached hydrogens (tertiary/aromatic N) is 2. The number of thiazole rings is 1. The number of benzene rings is 1. The van der Waals surface area contributed by atoms with Crippen LogP contribution in [0.1, 0.15) is 36.8 Å². The van der Waals surface area contributed by atoms with Gasteiger partial charge in [-0.1, -0.05) is 12.1 Å². The van der Waals surface area contributed by atoms with E-state index in [1.54, 1.807) is 7.11 Å². The van der Waals surface area contributed by atoms with Gasteiger partial charge in [0.05, 0.1) is 24.8 Å². The molecule has 0 spiro atoms. The molecule has 1 saturated heterocycles. The molecule has 3 saturated carbocycles. The third-order valence-electron chi connectivity index (χ3n) is 6.33. The number of para-hydroxylation sites is 1. The number of hydrogen-bond acceptors (Lipinski definition) is 6. The molecule has 4 aliphatic rings. The minimum atomic E-state index is -0.371. The maximum atomic E-state index is 13.1. The Morgan fingerprint density at radius 3 is 2.93 bits per heavy atom. The van der Waals surface area contributed by atoms with Gasteiger partial charge in [-0.25, -0.2) is 4.98 Å². The van der Waals surface area contributed by atoms with Gasteiger partial charge >= 0.3 is 0 Å². The molecule has 4 fully saturated rings. The monoisotopic (exact) mass is 398 g/mol. The molecule has 146 valence electrons. The van der Waals surface area contributed by atoms with E-state index in [1.165, 1.54) is 16.2 Å². The van der Waals surface area contributed by atoms with Gasteiger partial charge in [0.15, 0.2) is 0 Å². The zero-order chi connectivity index (χ0) is 19.3. The second kappa shape index (κ2) is 6.67. The number of carbonyl (C=O) groups is 2. The van der Waals surface area contributed by atoms with Crippen LogP contribution in [0.3, 0.4) is 0 Å². The van der Waals surface area contributed by atoms with E-state index in [2.05, 4.69) is 0 Å². The van der Waals surface area contributed by atoms with E-state index in [4.69, 9.17) is 14.5 Å². The number of ether oxygens (including phenoxy) is 2. The van der Waals surface area contributed by atoms with Gasteiger partial charge in [0.1, 0.15) is 23.5 Å². The van der Waals surface area contributed by atoms with Crippen molar-refractivity contribution < 1.29 is 19.1 Å². The van der Waals surface area contributed by atoms with Crippen LogP contribution in [0.4, 0.5) is 0 Å². The number of rotatable bonds is 4. The molecule has 6 rings (SSSR count). The van der Waals surface area contributed by atoms with Gasteiger partial charge in [0.25, 0.3) is 5.91 Å². The highest BCUT2D eigenvalue weighted by Crippen LogP contribution is 2.59. The maximum Gasteiger partial charge on any atom is 0.255 e. The van der Waals surface area contributed by atoms with E-state index in [1.807, 2.05) is 29.6 Å². The summed E-state index contributed by atoms with van der Waals surface area (Å²) in [6, 6.07) is 7.73. The van der Waals surface area contributed by atoms with Gasteiger partial charge < -0.3 is 9.47 Å². The molecule has 1 aliphatic heterocycles. The molecule has 2 heterocycles. The molecular formula is C21H22N2O4S. The zero-order valence-electron chi connectivity index (χ0n) is 15.7. The van der Waals surface area contributed by atoms with Crippen molar-refractivity contribution >= 4 is 23.2 Å². The highest BCUT2D eigenvalue weighted by Gasteiger charge is 2.57. The Balaban J connectivity index is 1.36. The van der Waals surface area contributed by atoms with E-state index in [0.717, 1.165) is 47.7 Å². The maximum absolute atomic E-state index is 13.1. The van der Waals surface area contributed by atoms with Crippen LogP contribution in [0.25, 0.3) is 11.3 Å². The van der Waals surface area contributed by atoms with Crippen molar-refractivity contribution in [3.05, 3.63) is 34.7 Å². The van der Waals surface area contributed by atoms with Crippen molar-refractivity contribution in [1.29, 1.82) is 0 Å². The first-order valence-electron chi connectivity index (χ1n) is 9.65. The number of fused-ring (bicyclic) bond motifs is 1. The fraction of sp³-hybridized carbons (Fsp3) is 0.476. The smallest absolute Gasteiger partial charge is 0.255 e. The fourth-order valence-corrected chi connectivity index (χ4v) is 5.69. The summed E-state index contributed by atoms with van der Waals surface area (Å²) in [4.78, 5) is 31.6. The standard InChI is InChI=1S/C21H22N2O4S/c1-26-16-5-3-2-4-14(16)15-12-28-19(22-15)17-10-23(18(24)11-27-17)20(25)21-7-6-13(8-21)9-21/h2-5,12-13,17H,6-11H2,1H3. The molecule has 3 aliphatic carbocycles. The van der Waals surface area contributed by atoms with Gasteiger partial charge in [-0.3, -0.25) is 14.5 Å². The first-order chi connectivity index (χ1) is 13.6. The van der Waals surface area contributed by atoms with E-state index in [9.17, 15) is 9.59 Å². The van der Waals surface area contributed by atoms with Crippen molar-refractivity contribution in [1.82, 2.24) is 9.88 Å². The predicted molar refractivity (Wildman–Crippen MR) is 104 cm³/mol. The molecule has 2 aromatic rings. The molecule has 1 atom stereocenters. The van der Waals surface area contributed by atoms with Crippen molar-refractivity contribution in [2.45, 2.75) is 31.8 Å². The first kappa shape index (κ1) is 17.8. The number of hydrogen-bond donors (Lipinski definition) is 0. The molecule has 1 aromatic carbocycles. The number of carbonyl (C=O) groups excluding carboxylic acids is 2. The third-order valence-corrected chi connectivity index (χ3v) is 7.26. The molecule has 7 heteroatoms. The van der Waals surface area contributed by atoms with Crippen LogP contribution in [0.5, 0.6) is 5.75 Å². The lowest BCUT2D eigenvalue weighted by molar-refractivity contribution is -0.167. The van der Waals surface area contributed by atoms with Gasteiger partial charge in [-0.15, -0.1) is 11.3 Å². The van der Waals surface area contributed by atoms with Crippen LogP contribution in [0, 0.1) is 11.3 Å². The van der Waals surface area contributed by atoms with Crippen LogP contribution in [0.2, 0.25) is 0 Å². The van der Waals surface area contributed by atoms with Crippen molar-refractivity contribution in [3.8, 4) is 17.0 Å². The van der Waals surface area contributed by atoms with Crippen LogP contribution < -0.4 is 4.74 Å². The molecule has 2 bridgehead atoms. The zero-order valence-corrected chi connectivity index (χ0v) is 16.5. The summed E-state index contributed by atoms with van der Waals surface area (Å²) < 4.78 is 11.2. The number of morpholine rings is 1. The van der Waals surface area contributed by atoms with Crippen LogP contribution in [-0.2, 0) is 14.3 Å². The number of methoxy groups -OCH3 is 1. The highest BCUT2D eigenvalue weighted by atomic mass is 32.1. The first-order valence-corrected chi connectivity index (χ1v) is 10.5. The van der Waals surface area contributed by atoms with E-state index < -0.39 is 0 Å². The highest BCUT2D eigenvalue weighted by molar-refractivity contribution is 7.10. The number of aromatic nitrogens is 1. The van der Waals surface area contributed by atoms with Crippen LogP contribution in [-0.4, -0.2) is 42.0 Å². The summed E-state index contributed by atoms with van der Waals surface area (Å²) in [5, 5.41) is 2.74. The van der Waals surface area contributed by atoms with Gasteiger partial charge in [0.2, 0.25) is 5.91 Å². The van der Waals surface area contributed by atoms with E-state index in [-0.39, 0.29) is 36.5 Å². The van der Waals surface area contributed by atoms with Crippen molar-refractivity contribution in [2.24, 2.45) is 11.3 Å².